The van der Waals surface area contributed by atoms with Crippen LogP contribution >= 0.6 is 0 Å². The second-order valence-corrected chi connectivity index (χ2v) is 4.05. The highest BCUT2D eigenvalue weighted by Crippen LogP contribution is 2.28. The Morgan fingerprint density at radius 3 is 2.75 bits per heavy atom. The molecule has 16 heavy (non-hydrogen) atoms. The molecule has 0 radical (unpaired) electrons. The summed E-state index contributed by atoms with van der Waals surface area (Å²) in [5.74, 6) is 0.0481. The normalized spacial score (nSPS) is 11.0. The fraction of sp³-hybridized carbons (Fsp3) is 0.308. The number of hydrogen-bond donors (Lipinski definition) is 0. The van der Waals surface area contributed by atoms with Gasteiger partial charge in [0.15, 0.2) is 0 Å². The molecule has 0 spiro atoms. The fourth-order valence-electron chi connectivity index (χ4n) is 1.74. The van der Waals surface area contributed by atoms with Gasteiger partial charge in [-0.3, -0.25) is 0 Å². The standard InChI is InChI=1S/C13H14O3/c1-8(2)11-7-16-12-5-4-9(6-10(11)12)13(14)15-3/h4-8H,1-3H3. The van der Waals surface area contributed by atoms with E-state index in [1.165, 1.54) is 7.11 Å². The first-order chi connectivity index (χ1) is 7.63. The first-order valence-electron chi connectivity index (χ1n) is 5.23. The van der Waals surface area contributed by atoms with Gasteiger partial charge in [-0.2, -0.15) is 0 Å². The number of esters is 1. The minimum Gasteiger partial charge on any atom is -0.465 e. The number of fused-ring (bicyclic) bond motifs is 1. The quantitative estimate of drug-likeness (QED) is 0.726. The SMILES string of the molecule is COC(=O)c1ccc2occ(C(C)C)c2c1. The van der Waals surface area contributed by atoms with Gasteiger partial charge in [-0.1, -0.05) is 13.8 Å². The molecule has 1 aromatic heterocycles. The van der Waals surface area contributed by atoms with E-state index >= 15 is 0 Å². The predicted octanol–water partition coefficient (Wildman–Crippen LogP) is 3.34. The van der Waals surface area contributed by atoms with E-state index in [1.54, 1.807) is 18.4 Å². The summed E-state index contributed by atoms with van der Waals surface area (Å²) in [5.41, 5.74) is 2.47. The van der Waals surface area contributed by atoms with E-state index < -0.39 is 0 Å². The minimum absolute atomic E-state index is 0.321. The van der Waals surface area contributed by atoms with Gasteiger partial charge in [0.05, 0.1) is 18.9 Å². The Morgan fingerprint density at radius 1 is 1.38 bits per heavy atom. The number of carbonyl (C=O) groups excluding carboxylic acids is 1. The Morgan fingerprint density at radius 2 is 2.12 bits per heavy atom. The highest BCUT2D eigenvalue weighted by atomic mass is 16.5. The molecule has 3 heteroatoms. The Kier molecular flexibility index (Phi) is 2.69. The van der Waals surface area contributed by atoms with Crippen molar-refractivity contribution < 1.29 is 13.9 Å². The second kappa shape index (κ2) is 4.00. The third-order valence-corrected chi connectivity index (χ3v) is 2.65. The van der Waals surface area contributed by atoms with Crippen LogP contribution < -0.4 is 0 Å². The van der Waals surface area contributed by atoms with Crippen molar-refractivity contribution in [2.45, 2.75) is 19.8 Å². The first kappa shape index (κ1) is 10.7. The average molecular weight is 218 g/mol. The number of furan rings is 1. The molecule has 0 aliphatic heterocycles. The minimum atomic E-state index is -0.321. The summed E-state index contributed by atoms with van der Waals surface area (Å²) in [4.78, 5) is 11.4. The molecule has 0 N–H and O–H groups in total. The highest BCUT2D eigenvalue weighted by Gasteiger charge is 2.12. The van der Waals surface area contributed by atoms with E-state index in [0.717, 1.165) is 16.5 Å². The molecule has 3 nitrogen and oxygen atoms in total. The zero-order valence-corrected chi connectivity index (χ0v) is 9.61. The lowest BCUT2D eigenvalue weighted by atomic mass is 10.0. The van der Waals surface area contributed by atoms with Gasteiger partial charge in [0, 0.05) is 10.9 Å². The smallest absolute Gasteiger partial charge is 0.337 e. The van der Waals surface area contributed by atoms with Gasteiger partial charge in [0.1, 0.15) is 5.58 Å². The van der Waals surface area contributed by atoms with Crippen LogP contribution in [0.4, 0.5) is 0 Å². The molecule has 0 aliphatic rings. The van der Waals surface area contributed by atoms with Crippen molar-refractivity contribution in [3.63, 3.8) is 0 Å². The van der Waals surface area contributed by atoms with Crippen LogP contribution in [-0.4, -0.2) is 13.1 Å². The van der Waals surface area contributed by atoms with Crippen LogP contribution in [0.1, 0.15) is 35.7 Å². The van der Waals surface area contributed by atoms with Gasteiger partial charge in [-0.15, -0.1) is 0 Å². The van der Waals surface area contributed by atoms with Crippen molar-refractivity contribution in [3.8, 4) is 0 Å². The summed E-state index contributed by atoms with van der Waals surface area (Å²) < 4.78 is 10.1. The van der Waals surface area contributed by atoms with E-state index in [1.807, 2.05) is 6.07 Å². The van der Waals surface area contributed by atoms with Crippen molar-refractivity contribution >= 4 is 16.9 Å². The lowest BCUT2D eigenvalue weighted by Gasteiger charge is -2.02. The van der Waals surface area contributed by atoms with Gasteiger partial charge in [-0.05, 0) is 24.1 Å². The molecule has 1 heterocycles. The summed E-state index contributed by atoms with van der Waals surface area (Å²) in [5, 5.41) is 0.984. The number of benzene rings is 1. The Labute approximate surface area is 94.0 Å². The second-order valence-electron chi connectivity index (χ2n) is 4.05. The van der Waals surface area contributed by atoms with Crippen molar-refractivity contribution in [2.75, 3.05) is 7.11 Å². The van der Waals surface area contributed by atoms with Crippen molar-refractivity contribution in [1.82, 2.24) is 0 Å². The zero-order valence-electron chi connectivity index (χ0n) is 9.61. The highest BCUT2D eigenvalue weighted by molar-refractivity contribution is 5.95. The Bertz CT molecular complexity index is 523. The molecule has 0 bridgehead atoms. The van der Waals surface area contributed by atoms with Crippen LogP contribution in [0.5, 0.6) is 0 Å². The van der Waals surface area contributed by atoms with Crippen molar-refractivity contribution in [1.29, 1.82) is 0 Å². The van der Waals surface area contributed by atoms with Gasteiger partial charge < -0.3 is 9.15 Å². The summed E-state index contributed by atoms with van der Waals surface area (Å²) in [6, 6.07) is 5.33. The lowest BCUT2D eigenvalue weighted by Crippen LogP contribution is -2.00. The van der Waals surface area contributed by atoms with Gasteiger partial charge in [-0.25, -0.2) is 4.79 Å². The van der Waals surface area contributed by atoms with Crippen molar-refractivity contribution in [2.24, 2.45) is 0 Å². The van der Waals surface area contributed by atoms with Crippen LogP contribution in [-0.2, 0) is 4.74 Å². The first-order valence-corrected chi connectivity index (χ1v) is 5.23. The number of rotatable bonds is 2. The summed E-state index contributed by atoms with van der Waals surface area (Å²) in [7, 11) is 1.38. The monoisotopic (exact) mass is 218 g/mol. The van der Waals surface area contributed by atoms with Crippen LogP contribution in [0.2, 0.25) is 0 Å². The zero-order chi connectivity index (χ0) is 11.7. The van der Waals surface area contributed by atoms with Crippen LogP contribution in [0.25, 0.3) is 11.0 Å². The number of hydrogen-bond acceptors (Lipinski definition) is 3. The number of ether oxygens (including phenoxy) is 1. The maximum absolute atomic E-state index is 11.4. The van der Waals surface area contributed by atoms with Gasteiger partial charge in [0.2, 0.25) is 0 Å². The summed E-state index contributed by atoms with van der Waals surface area (Å²) in [6.07, 6.45) is 1.75. The molecule has 0 amide bonds. The molecule has 1 aromatic carbocycles. The molecule has 2 rings (SSSR count). The van der Waals surface area contributed by atoms with E-state index in [2.05, 4.69) is 13.8 Å². The third-order valence-electron chi connectivity index (χ3n) is 2.65. The molecule has 84 valence electrons. The Balaban J connectivity index is 2.58. The summed E-state index contributed by atoms with van der Waals surface area (Å²) >= 11 is 0. The topological polar surface area (TPSA) is 39.4 Å². The number of carbonyl (C=O) groups is 1. The van der Waals surface area contributed by atoms with E-state index in [9.17, 15) is 4.79 Å². The van der Waals surface area contributed by atoms with Crippen LogP contribution in [0.15, 0.2) is 28.9 Å². The van der Waals surface area contributed by atoms with Crippen LogP contribution in [0.3, 0.4) is 0 Å². The molecular weight excluding hydrogens is 204 g/mol. The maximum atomic E-state index is 11.4. The fourth-order valence-corrected chi connectivity index (χ4v) is 1.74. The van der Waals surface area contributed by atoms with Crippen molar-refractivity contribution in [3.05, 3.63) is 35.6 Å². The molecule has 0 saturated heterocycles. The van der Waals surface area contributed by atoms with E-state index in [-0.39, 0.29) is 5.97 Å². The van der Waals surface area contributed by atoms with E-state index in [4.69, 9.17) is 9.15 Å². The van der Waals surface area contributed by atoms with Gasteiger partial charge >= 0.3 is 5.97 Å². The van der Waals surface area contributed by atoms with E-state index in [0.29, 0.717) is 11.5 Å². The molecule has 0 atom stereocenters. The van der Waals surface area contributed by atoms with Gasteiger partial charge in [0.25, 0.3) is 0 Å². The molecule has 0 unspecified atom stereocenters. The molecular formula is C13H14O3. The molecule has 0 saturated carbocycles. The number of methoxy groups -OCH3 is 1. The average Bonchev–Trinajstić information content (AvgIpc) is 2.70. The molecule has 0 aliphatic carbocycles. The lowest BCUT2D eigenvalue weighted by molar-refractivity contribution is 0.0601. The third kappa shape index (κ3) is 1.69. The van der Waals surface area contributed by atoms with Crippen LogP contribution in [0, 0.1) is 0 Å². The Hall–Kier alpha value is -1.77. The molecule has 0 fully saturated rings. The predicted molar refractivity (Wildman–Crippen MR) is 61.6 cm³/mol. The largest absolute Gasteiger partial charge is 0.465 e. The maximum Gasteiger partial charge on any atom is 0.337 e. The molecule has 2 aromatic rings. The summed E-state index contributed by atoms with van der Waals surface area (Å²) in [6.45, 7) is 4.18.